The minimum absolute atomic E-state index is 0.0147. The standard InChI is InChI=1S/C17H17Cl2NO/c1-3-20(14-7-4-12(2)5-8-14)11-17(21)15-9-6-13(18)10-16(15)19/h4-10H,3,11H2,1-2H3. The van der Waals surface area contributed by atoms with E-state index >= 15 is 0 Å². The number of aryl methyl sites for hydroxylation is 1. The average molecular weight is 322 g/mol. The number of ketones is 1. The fourth-order valence-electron chi connectivity index (χ4n) is 2.12. The number of rotatable bonds is 5. The molecule has 110 valence electrons. The molecule has 0 radical (unpaired) electrons. The second-order valence-electron chi connectivity index (χ2n) is 4.90. The molecule has 0 aromatic heterocycles. The van der Waals surface area contributed by atoms with Crippen LogP contribution in [-0.2, 0) is 0 Å². The van der Waals surface area contributed by atoms with Crippen molar-refractivity contribution in [2.24, 2.45) is 0 Å². The molecule has 0 bridgehead atoms. The zero-order valence-electron chi connectivity index (χ0n) is 12.1. The molecule has 2 rings (SSSR count). The molecule has 0 N–H and O–H groups in total. The number of anilines is 1. The van der Waals surface area contributed by atoms with Crippen molar-refractivity contribution >= 4 is 34.7 Å². The number of carbonyl (C=O) groups excluding carboxylic acids is 1. The second kappa shape index (κ2) is 6.97. The minimum Gasteiger partial charge on any atom is -0.364 e. The SMILES string of the molecule is CCN(CC(=O)c1ccc(Cl)cc1Cl)c1ccc(C)cc1. The van der Waals surface area contributed by atoms with E-state index in [-0.39, 0.29) is 5.78 Å². The molecule has 21 heavy (non-hydrogen) atoms. The van der Waals surface area contributed by atoms with Gasteiger partial charge >= 0.3 is 0 Å². The van der Waals surface area contributed by atoms with E-state index < -0.39 is 0 Å². The molecular weight excluding hydrogens is 305 g/mol. The number of likely N-dealkylation sites (N-methyl/N-ethyl adjacent to an activating group) is 1. The number of Topliss-reactive ketones (excluding diaryl/α,β-unsaturated/α-hetero) is 1. The summed E-state index contributed by atoms with van der Waals surface area (Å²) in [7, 11) is 0. The summed E-state index contributed by atoms with van der Waals surface area (Å²) in [6, 6.07) is 13.1. The lowest BCUT2D eigenvalue weighted by Gasteiger charge is -2.22. The van der Waals surface area contributed by atoms with Crippen molar-refractivity contribution in [1.29, 1.82) is 0 Å². The third kappa shape index (κ3) is 3.99. The highest BCUT2D eigenvalue weighted by molar-refractivity contribution is 6.36. The van der Waals surface area contributed by atoms with Crippen LogP contribution in [0.1, 0.15) is 22.8 Å². The molecule has 0 atom stereocenters. The number of halogens is 2. The number of benzene rings is 2. The van der Waals surface area contributed by atoms with Crippen LogP contribution in [0.4, 0.5) is 5.69 Å². The predicted octanol–water partition coefficient (Wildman–Crippen LogP) is 5.01. The van der Waals surface area contributed by atoms with E-state index in [0.29, 0.717) is 22.2 Å². The Morgan fingerprint density at radius 1 is 1.10 bits per heavy atom. The molecule has 0 fully saturated rings. The lowest BCUT2D eigenvalue weighted by atomic mass is 10.1. The van der Waals surface area contributed by atoms with Gasteiger partial charge in [-0.05, 0) is 44.2 Å². The van der Waals surface area contributed by atoms with Crippen LogP contribution in [0.5, 0.6) is 0 Å². The maximum absolute atomic E-state index is 12.4. The van der Waals surface area contributed by atoms with E-state index in [9.17, 15) is 4.79 Å². The summed E-state index contributed by atoms with van der Waals surface area (Å²) in [6.07, 6.45) is 0. The van der Waals surface area contributed by atoms with Gasteiger partial charge in [0.2, 0.25) is 0 Å². The van der Waals surface area contributed by atoms with Gasteiger partial charge in [0.1, 0.15) is 0 Å². The Labute approximate surface area is 135 Å². The van der Waals surface area contributed by atoms with Crippen LogP contribution in [0.15, 0.2) is 42.5 Å². The Morgan fingerprint density at radius 2 is 1.76 bits per heavy atom. The van der Waals surface area contributed by atoms with Gasteiger partial charge in [0, 0.05) is 22.8 Å². The van der Waals surface area contributed by atoms with Gasteiger partial charge < -0.3 is 4.90 Å². The topological polar surface area (TPSA) is 20.3 Å². The Kier molecular flexibility index (Phi) is 5.27. The number of hydrogen-bond acceptors (Lipinski definition) is 2. The first-order valence-electron chi connectivity index (χ1n) is 6.81. The Balaban J connectivity index is 2.18. The number of hydrogen-bond donors (Lipinski definition) is 0. The fourth-order valence-corrected chi connectivity index (χ4v) is 2.63. The van der Waals surface area contributed by atoms with Gasteiger partial charge in [-0.1, -0.05) is 40.9 Å². The summed E-state index contributed by atoms with van der Waals surface area (Å²) >= 11 is 12.0. The Morgan fingerprint density at radius 3 is 2.33 bits per heavy atom. The highest BCUT2D eigenvalue weighted by atomic mass is 35.5. The van der Waals surface area contributed by atoms with E-state index in [1.165, 1.54) is 5.56 Å². The Bertz CT molecular complexity index is 638. The zero-order chi connectivity index (χ0) is 15.4. The molecule has 0 saturated carbocycles. The van der Waals surface area contributed by atoms with Gasteiger partial charge in [0.05, 0.1) is 11.6 Å². The van der Waals surface area contributed by atoms with Gasteiger partial charge in [-0.3, -0.25) is 4.79 Å². The average Bonchev–Trinajstić information content (AvgIpc) is 2.45. The van der Waals surface area contributed by atoms with Crippen molar-refractivity contribution in [3.8, 4) is 0 Å². The van der Waals surface area contributed by atoms with E-state index in [0.717, 1.165) is 12.2 Å². The lowest BCUT2D eigenvalue weighted by Crippen LogP contribution is -2.29. The molecule has 2 nitrogen and oxygen atoms in total. The van der Waals surface area contributed by atoms with Gasteiger partial charge in [-0.15, -0.1) is 0 Å². The molecule has 0 unspecified atom stereocenters. The molecular formula is C17H17Cl2NO. The summed E-state index contributed by atoms with van der Waals surface area (Å²) in [5, 5.41) is 0.926. The van der Waals surface area contributed by atoms with E-state index in [2.05, 4.69) is 0 Å². The van der Waals surface area contributed by atoms with Crippen LogP contribution in [0.25, 0.3) is 0 Å². The van der Waals surface area contributed by atoms with Crippen molar-refractivity contribution in [1.82, 2.24) is 0 Å². The Hall–Kier alpha value is -1.51. The van der Waals surface area contributed by atoms with Crippen molar-refractivity contribution in [2.45, 2.75) is 13.8 Å². The second-order valence-corrected chi connectivity index (χ2v) is 5.74. The van der Waals surface area contributed by atoms with Crippen LogP contribution in [-0.4, -0.2) is 18.9 Å². The molecule has 2 aromatic carbocycles. The largest absolute Gasteiger partial charge is 0.364 e. The highest BCUT2D eigenvalue weighted by Crippen LogP contribution is 2.22. The van der Waals surface area contributed by atoms with Crippen molar-refractivity contribution in [3.05, 3.63) is 63.6 Å². The highest BCUT2D eigenvalue weighted by Gasteiger charge is 2.15. The zero-order valence-corrected chi connectivity index (χ0v) is 13.6. The summed E-state index contributed by atoms with van der Waals surface area (Å²) in [5.74, 6) is -0.0147. The van der Waals surface area contributed by atoms with Crippen LogP contribution in [0.2, 0.25) is 10.0 Å². The van der Waals surface area contributed by atoms with Gasteiger partial charge in [0.25, 0.3) is 0 Å². The molecule has 0 saturated heterocycles. The normalized spacial score (nSPS) is 10.5. The van der Waals surface area contributed by atoms with E-state index in [4.69, 9.17) is 23.2 Å². The fraction of sp³-hybridized carbons (Fsp3) is 0.235. The van der Waals surface area contributed by atoms with Crippen molar-refractivity contribution < 1.29 is 4.79 Å². The lowest BCUT2D eigenvalue weighted by molar-refractivity contribution is 0.0999. The number of nitrogens with zero attached hydrogens (tertiary/aromatic N) is 1. The maximum atomic E-state index is 12.4. The smallest absolute Gasteiger partial charge is 0.183 e. The van der Waals surface area contributed by atoms with Crippen molar-refractivity contribution in [3.63, 3.8) is 0 Å². The summed E-state index contributed by atoms with van der Waals surface area (Å²) in [5.41, 5.74) is 2.73. The summed E-state index contributed by atoms with van der Waals surface area (Å²) in [4.78, 5) is 14.4. The molecule has 0 aliphatic heterocycles. The summed E-state index contributed by atoms with van der Waals surface area (Å²) in [6.45, 7) is 5.11. The van der Waals surface area contributed by atoms with Crippen LogP contribution in [0, 0.1) is 6.92 Å². The summed E-state index contributed by atoms with van der Waals surface area (Å²) < 4.78 is 0. The third-order valence-electron chi connectivity index (χ3n) is 3.35. The molecule has 0 aliphatic rings. The van der Waals surface area contributed by atoms with E-state index in [1.54, 1.807) is 18.2 Å². The molecule has 0 aliphatic carbocycles. The van der Waals surface area contributed by atoms with Crippen LogP contribution in [0.3, 0.4) is 0 Å². The van der Waals surface area contributed by atoms with Crippen LogP contribution < -0.4 is 4.90 Å². The quantitative estimate of drug-likeness (QED) is 0.721. The first kappa shape index (κ1) is 15.9. The first-order valence-corrected chi connectivity index (χ1v) is 7.56. The predicted molar refractivity (Wildman–Crippen MR) is 89.9 cm³/mol. The molecule has 0 spiro atoms. The molecule has 4 heteroatoms. The van der Waals surface area contributed by atoms with Gasteiger partial charge in [0.15, 0.2) is 5.78 Å². The maximum Gasteiger partial charge on any atom is 0.183 e. The van der Waals surface area contributed by atoms with Crippen molar-refractivity contribution in [2.75, 3.05) is 18.0 Å². The third-order valence-corrected chi connectivity index (χ3v) is 3.89. The molecule has 0 heterocycles. The first-order chi connectivity index (χ1) is 10.0. The van der Waals surface area contributed by atoms with Crippen LogP contribution >= 0.6 is 23.2 Å². The number of carbonyl (C=O) groups is 1. The molecule has 2 aromatic rings. The monoisotopic (exact) mass is 321 g/mol. The van der Waals surface area contributed by atoms with Gasteiger partial charge in [-0.2, -0.15) is 0 Å². The van der Waals surface area contributed by atoms with E-state index in [1.807, 2.05) is 43.0 Å². The molecule has 0 amide bonds. The minimum atomic E-state index is -0.0147. The van der Waals surface area contributed by atoms with Gasteiger partial charge in [-0.25, -0.2) is 0 Å².